The highest BCUT2D eigenvalue weighted by Gasteiger charge is 2.33. The van der Waals surface area contributed by atoms with Crippen LogP contribution in [-0.2, 0) is 11.3 Å². The fourth-order valence-electron chi connectivity index (χ4n) is 4.56. The second-order valence-corrected chi connectivity index (χ2v) is 7.94. The van der Waals surface area contributed by atoms with Gasteiger partial charge in [-0.05, 0) is 32.3 Å². The van der Waals surface area contributed by atoms with E-state index < -0.39 is 0 Å². The highest BCUT2D eigenvalue weighted by atomic mass is 16.2. The van der Waals surface area contributed by atoms with Gasteiger partial charge in [0, 0.05) is 63.7 Å². The lowest BCUT2D eigenvalue weighted by Gasteiger charge is -2.41. The van der Waals surface area contributed by atoms with Crippen LogP contribution in [-0.4, -0.2) is 50.8 Å². The summed E-state index contributed by atoms with van der Waals surface area (Å²) in [4.78, 5) is 21.9. The van der Waals surface area contributed by atoms with Crippen molar-refractivity contribution in [3.05, 3.63) is 29.7 Å². The van der Waals surface area contributed by atoms with E-state index in [-0.39, 0.29) is 13.4 Å². The van der Waals surface area contributed by atoms with Gasteiger partial charge in [0.05, 0.1) is 5.69 Å². The smallest absolute Gasteiger partial charge is 0.226 e. The van der Waals surface area contributed by atoms with Crippen LogP contribution < -0.4 is 5.73 Å². The maximum atomic E-state index is 12.8. The van der Waals surface area contributed by atoms with Crippen molar-refractivity contribution < 1.29 is 6.22 Å². The number of hydrogen-bond donors (Lipinski definition) is 1. The van der Waals surface area contributed by atoms with Crippen molar-refractivity contribution >= 4 is 17.2 Å². The summed E-state index contributed by atoms with van der Waals surface area (Å²) in [6.45, 7) is 7.71. The third-order valence-electron chi connectivity index (χ3n) is 6.18. The van der Waals surface area contributed by atoms with Crippen LogP contribution in [0.25, 0.3) is 5.65 Å². The van der Waals surface area contributed by atoms with E-state index in [2.05, 4.69) is 28.6 Å². The molecule has 6 heteroatoms. The lowest BCUT2D eigenvalue weighted by atomic mass is 10.0. The number of carbonyl (C=O) groups is 1. The predicted octanol–water partition coefficient (Wildman–Crippen LogP) is 2.69. The molecule has 6 nitrogen and oxygen atoms in total. The van der Waals surface area contributed by atoms with Crippen molar-refractivity contribution in [2.45, 2.75) is 52.1 Å². The Morgan fingerprint density at radius 3 is 2.85 bits per heavy atom. The number of carbonyl (C=O) groups excluding carboxylic acids is 1. The van der Waals surface area contributed by atoms with Gasteiger partial charge in [-0.2, -0.15) is 0 Å². The SMILES string of the molecule is Cc1c(N)cn2ccnc2c1CN1CCN(C(=O)C2CCCC2)[C@@H](C)C1.[HH]. The lowest BCUT2D eigenvalue weighted by molar-refractivity contribution is -0.140. The molecule has 1 aliphatic heterocycles. The molecule has 3 heterocycles. The minimum absolute atomic E-state index is 0. The fraction of sp³-hybridized carbons (Fsp3) is 0.600. The van der Waals surface area contributed by atoms with Gasteiger partial charge in [0.15, 0.2) is 0 Å². The van der Waals surface area contributed by atoms with E-state index in [9.17, 15) is 4.79 Å². The van der Waals surface area contributed by atoms with Crippen LogP contribution in [0.3, 0.4) is 0 Å². The van der Waals surface area contributed by atoms with Gasteiger partial charge in [0.25, 0.3) is 0 Å². The highest BCUT2D eigenvalue weighted by molar-refractivity contribution is 5.79. The molecule has 2 aromatic rings. The normalized spacial score (nSPS) is 22.4. The largest absolute Gasteiger partial charge is 0.397 e. The van der Waals surface area contributed by atoms with Gasteiger partial charge in [0.1, 0.15) is 5.65 Å². The van der Waals surface area contributed by atoms with E-state index >= 15 is 0 Å². The zero-order chi connectivity index (χ0) is 18.3. The molecule has 142 valence electrons. The molecule has 2 aromatic heterocycles. The molecule has 0 aromatic carbocycles. The second-order valence-electron chi connectivity index (χ2n) is 7.94. The van der Waals surface area contributed by atoms with E-state index in [0.29, 0.717) is 5.91 Å². The first kappa shape index (κ1) is 17.3. The molecule has 2 N–H and O–H groups in total. The summed E-state index contributed by atoms with van der Waals surface area (Å²) < 4.78 is 2.00. The number of piperazine rings is 1. The quantitative estimate of drug-likeness (QED) is 0.917. The van der Waals surface area contributed by atoms with Gasteiger partial charge >= 0.3 is 0 Å². The number of fused-ring (bicyclic) bond motifs is 1. The van der Waals surface area contributed by atoms with Crippen LogP contribution in [0.4, 0.5) is 5.69 Å². The number of nitrogen functional groups attached to an aromatic ring is 1. The molecular weight excluding hydrogens is 326 g/mol. The first-order valence-corrected chi connectivity index (χ1v) is 9.78. The molecule has 1 saturated carbocycles. The van der Waals surface area contributed by atoms with Crippen LogP contribution in [0, 0.1) is 12.8 Å². The minimum atomic E-state index is 0. The van der Waals surface area contributed by atoms with Crippen LogP contribution in [0.15, 0.2) is 18.6 Å². The van der Waals surface area contributed by atoms with Crippen molar-refractivity contribution in [3.8, 4) is 0 Å². The van der Waals surface area contributed by atoms with Gasteiger partial charge in [0.2, 0.25) is 5.91 Å². The lowest BCUT2D eigenvalue weighted by Crippen LogP contribution is -2.54. The fourth-order valence-corrected chi connectivity index (χ4v) is 4.56. The van der Waals surface area contributed by atoms with Crippen molar-refractivity contribution in [1.82, 2.24) is 19.2 Å². The Bertz CT molecular complexity index is 814. The molecule has 2 fully saturated rings. The van der Waals surface area contributed by atoms with Crippen molar-refractivity contribution in [3.63, 3.8) is 0 Å². The van der Waals surface area contributed by atoms with Crippen LogP contribution in [0.1, 0.15) is 45.2 Å². The molecule has 0 bridgehead atoms. The second kappa shape index (κ2) is 6.91. The first-order valence-electron chi connectivity index (χ1n) is 9.78. The van der Waals surface area contributed by atoms with Gasteiger partial charge < -0.3 is 15.0 Å². The number of amides is 1. The van der Waals surface area contributed by atoms with Gasteiger partial charge in [-0.15, -0.1) is 0 Å². The summed E-state index contributed by atoms with van der Waals surface area (Å²) in [7, 11) is 0. The number of nitrogens with two attached hydrogens (primary N) is 1. The standard InChI is InChI=1S/C20H29N5O.H2/c1-14-11-23(9-10-25(14)20(26)16-5-3-4-6-16)12-17-15(2)18(21)13-24-8-7-22-19(17)24;/h7-8,13-14,16H,3-6,9-12,21H2,1-2H3;1H/t14-;/m0./s1. The zero-order valence-corrected chi connectivity index (χ0v) is 15.8. The van der Waals surface area contributed by atoms with Crippen LogP contribution in [0.2, 0.25) is 0 Å². The predicted molar refractivity (Wildman–Crippen MR) is 105 cm³/mol. The van der Waals surface area contributed by atoms with E-state index in [1.54, 1.807) is 0 Å². The molecule has 1 atom stereocenters. The minimum Gasteiger partial charge on any atom is -0.397 e. The molecule has 0 spiro atoms. The molecule has 1 saturated heterocycles. The molecule has 1 amide bonds. The molecule has 1 aliphatic carbocycles. The first-order chi connectivity index (χ1) is 12.5. The van der Waals surface area contributed by atoms with E-state index in [0.717, 1.165) is 55.9 Å². The summed E-state index contributed by atoms with van der Waals surface area (Å²) in [5.74, 6) is 0.648. The van der Waals surface area contributed by atoms with Crippen LogP contribution >= 0.6 is 0 Å². The maximum absolute atomic E-state index is 12.8. The zero-order valence-electron chi connectivity index (χ0n) is 15.8. The third-order valence-corrected chi connectivity index (χ3v) is 6.18. The van der Waals surface area contributed by atoms with Gasteiger partial charge in [-0.3, -0.25) is 9.69 Å². The summed E-state index contributed by atoms with van der Waals surface area (Å²) >= 11 is 0. The number of aromatic nitrogens is 2. The molecule has 26 heavy (non-hydrogen) atoms. The molecular formula is C20H31N5O. The third kappa shape index (κ3) is 3.07. The average molecular weight is 358 g/mol. The number of anilines is 1. The highest BCUT2D eigenvalue weighted by Crippen LogP contribution is 2.29. The topological polar surface area (TPSA) is 66.9 Å². The van der Waals surface area contributed by atoms with Gasteiger partial charge in [-0.25, -0.2) is 4.98 Å². The van der Waals surface area contributed by atoms with Crippen LogP contribution in [0.5, 0.6) is 0 Å². The van der Waals surface area contributed by atoms with Crippen molar-refractivity contribution in [2.75, 3.05) is 25.4 Å². The molecule has 0 radical (unpaired) electrons. The number of nitrogens with zero attached hydrogens (tertiary/aromatic N) is 4. The van der Waals surface area contributed by atoms with E-state index in [4.69, 9.17) is 5.73 Å². The van der Waals surface area contributed by atoms with Crippen molar-refractivity contribution in [2.24, 2.45) is 5.92 Å². The maximum Gasteiger partial charge on any atom is 0.226 e. The van der Waals surface area contributed by atoms with Crippen molar-refractivity contribution in [1.29, 1.82) is 0 Å². The summed E-state index contributed by atoms with van der Waals surface area (Å²) in [6, 6.07) is 0.258. The number of hydrogen-bond acceptors (Lipinski definition) is 4. The Balaban J connectivity index is 0.00000210. The molecule has 4 rings (SSSR count). The van der Waals surface area contributed by atoms with E-state index in [1.165, 1.54) is 18.4 Å². The summed E-state index contributed by atoms with van der Waals surface area (Å²) in [6.07, 6.45) is 10.3. The summed E-state index contributed by atoms with van der Waals surface area (Å²) in [5, 5.41) is 0. The van der Waals surface area contributed by atoms with Gasteiger partial charge in [-0.1, -0.05) is 12.8 Å². The summed E-state index contributed by atoms with van der Waals surface area (Å²) in [5.41, 5.74) is 10.3. The number of rotatable bonds is 3. The Morgan fingerprint density at radius 2 is 2.12 bits per heavy atom. The van der Waals surface area contributed by atoms with E-state index in [1.807, 2.05) is 23.0 Å². The Hall–Kier alpha value is -2.08. The molecule has 2 aliphatic rings. The Labute approximate surface area is 156 Å². The average Bonchev–Trinajstić information content (AvgIpc) is 3.30. The molecule has 0 unspecified atom stereocenters. The number of imidazole rings is 1. The monoisotopic (exact) mass is 357 g/mol. The Kier molecular flexibility index (Phi) is 4.61. The Morgan fingerprint density at radius 1 is 1.35 bits per heavy atom. The number of pyridine rings is 1.